The third-order valence-corrected chi connectivity index (χ3v) is 3.21. The summed E-state index contributed by atoms with van der Waals surface area (Å²) in [5.41, 5.74) is 0.0695. The molecule has 19 heavy (non-hydrogen) atoms. The Morgan fingerprint density at radius 1 is 1.47 bits per heavy atom. The van der Waals surface area contributed by atoms with Gasteiger partial charge in [0.25, 0.3) is 0 Å². The molecule has 1 aromatic heterocycles. The van der Waals surface area contributed by atoms with Gasteiger partial charge in [0.2, 0.25) is 0 Å². The number of nitrogens with zero attached hydrogens (tertiary/aromatic N) is 2. The van der Waals surface area contributed by atoms with Crippen molar-refractivity contribution in [3.8, 4) is 0 Å². The van der Waals surface area contributed by atoms with Crippen LogP contribution in [0.1, 0.15) is 30.6 Å². The van der Waals surface area contributed by atoms with Gasteiger partial charge in [0.1, 0.15) is 5.82 Å². The van der Waals surface area contributed by atoms with E-state index < -0.39 is 5.97 Å². The number of carbonyl (C=O) groups is 1. The summed E-state index contributed by atoms with van der Waals surface area (Å²) in [6.07, 6.45) is 2.56. The highest BCUT2D eigenvalue weighted by Gasteiger charge is 2.12. The van der Waals surface area contributed by atoms with E-state index in [1.807, 2.05) is 0 Å². The molecule has 5 nitrogen and oxygen atoms in total. The molecule has 2 N–H and O–H groups in total. The van der Waals surface area contributed by atoms with Crippen LogP contribution in [0.3, 0.4) is 0 Å². The molecule has 0 aliphatic heterocycles. The maximum Gasteiger partial charge on any atom is 0.337 e. The molecule has 0 atom stereocenters. The van der Waals surface area contributed by atoms with Crippen LogP contribution < -0.4 is 5.32 Å². The number of carboxylic acids is 1. The van der Waals surface area contributed by atoms with Gasteiger partial charge in [0.05, 0.1) is 10.6 Å². The monoisotopic (exact) mass is 285 g/mol. The van der Waals surface area contributed by atoms with E-state index in [2.05, 4.69) is 29.0 Å². The fourth-order valence-corrected chi connectivity index (χ4v) is 2.07. The van der Waals surface area contributed by atoms with Crippen LogP contribution in [0.2, 0.25) is 5.02 Å². The van der Waals surface area contributed by atoms with Gasteiger partial charge in [0, 0.05) is 19.3 Å². The molecule has 0 bridgehead atoms. The molecule has 1 heterocycles. The molecule has 0 aromatic carbocycles. The number of hydrogen-bond acceptors (Lipinski definition) is 4. The smallest absolute Gasteiger partial charge is 0.337 e. The summed E-state index contributed by atoms with van der Waals surface area (Å²) in [5.74, 6) is -0.620. The Morgan fingerprint density at radius 3 is 2.79 bits per heavy atom. The molecule has 1 rings (SSSR count). The fraction of sp³-hybridized carbons (Fsp3) is 0.538. The maximum atomic E-state index is 10.9. The topological polar surface area (TPSA) is 65.5 Å². The summed E-state index contributed by atoms with van der Waals surface area (Å²) in [7, 11) is 0. The summed E-state index contributed by atoms with van der Waals surface area (Å²) < 4.78 is 0. The second kappa shape index (κ2) is 7.96. The summed E-state index contributed by atoms with van der Waals surface area (Å²) in [6, 6.07) is 1.39. The average Bonchev–Trinajstić information content (AvgIpc) is 2.39. The lowest BCUT2D eigenvalue weighted by atomic mass is 10.2. The number of rotatable bonds is 8. The minimum absolute atomic E-state index is 0.0695. The van der Waals surface area contributed by atoms with E-state index in [4.69, 9.17) is 16.7 Å². The zero-order valence-corrected chi connectivity index (χ0v) is 12.1. The van der Waals surface area contributed by atoms with Crippen LogP contribution in [-0.2, 0) is 0 Å². The van der Waals surface area contributed by atoms with Crippen molar-refractivity contribution in [1.29, 1.82) is 0 Å². The van der Waals surface area contributed by atoms with Crippen LogP contribution in [0.4, 0.5) is 5.82 Å². The molecule has 0 amide bonds. The number of likely N-dealkylation sites (N-methyl/N-ethyl adjacent to an activating group) is 1. The Labute approximate surface area is 118 Å². The predicted molar refractivity (Wildman–Crippen MR) is 77.1 cm³/mol. The fourth-order valence-electron chi connectivity index (χ4n) is 1.81. The van der Waals surface area contributed by atoms with Crippen molar-refractivity contribution in [3.05, 3.63) is 22.8 Å². The molecule has 1 aromatic rings. The first-order chi connectivity index (χ1) is 9.10. The highest BCUT2D eigenvalue weighted by molar-refractivity contribution is 6.35. The number of hydrogen-bond donors (Lipinski definition) is 2. The molecule has 0 aliphatic carbocycles. The van der Waals surface area contributed by atoms with Crippen molar-refractivity contribution in [1.82, 2.24) is 9.88 Å². The van der Waals surface area contributed by atoms with Crippen molar-refractivity contribution in [2.24, 2.45) is 0 Å². The van der Waals surface area contributed by atoms with Crippen LogP contribution in [-0.4, -0.2) is 47.1 Å². The summed E-state index contributed by atoms with van der Waals surface area (Å²) >= 11 is 5.99. The van der Waals surface area contributed by atoms with E-state index in [1.165, 1.54) is 12.3 Å². The van der Waals surface area contributed by atoms with Gasteiger partial charge in [-0.25, -0.2) is 9.78 Å². The van der Waals surface area contributed by atoms with E-state index in [1.54, 1.807) is 0 Å². The van der Waals surface area contributed by atoms with E-state index in [0.717, 1.165) is 26.1 Å². The Bertz CT molecular complexity index is 426. The number of anilines is 1. The molecule has 0 aliphatic rings. The molecule has 0 fully saturated rings. The molecule has 0 spiro atoms. The summed E-state index contributed by atoms with van der Waals surface area (Å²) in [5, 5.41) is 12.2. The lowest BCUT2D eigenvalue weighted by Gasteiger charge is -2.20. The third kappa shape index (κ3) is 4.69. The van der Waals surface area contributed by atoms with Crippen LogP contribution >= 0.6 is 11.6 Å². The summed E-state index contributed by atoms with van der Waals surface area (Å²) in [6.45, 7) is 7.86. The lowest BCUT2D eigenvalue weighted by molar-refractivity contribution is 0.0697. The zero-order chi connectivity index (χ0) is 14.3. The quantitative estimate of drug-likeness (QED) is 0.768. The van der Waals surface area contributed by atoms with E-state index in [-0.39, 0.29) is 10.6 Å². The van der Waals surface area contributed by atoms with Gasteiger partial charge in [-0.05, 0) is 25.6 Å². The largest absolute Gasteiger partial charge is 0.478 e. The number of carboxylic acid groups (broad SMARTS) is 1. The van der Waals surface area contributed by atoms with Gasteiger partial charge in [-0.1, -0.05) is 25.4 Å². The van der Waals surface area contributed by atoms with E-state index in [9.17, 15) is 4.79 Å². The molecule has 0 saturated carbocycles. The van der Waals surface area contributed by atoms with Crippen molar-refractivity contribution in [2.75, 3.05) is 31.5 Å². The predicted octanol–water partition coefficient (Wildman–Crippen LogP) is 2.58. The van der Waals surface area contributed by atoms with Gasteiger partial charge < -0.3 is 15.3 Å². The van der Waals surface area contributed by atoms with Crippen LogP contribution in [0.15, 0.2) is 12.3 Å². The minimum Gasteiger partial charge on any atom is -0.478 e. The van der Waals surface area contributed by atoms with Gasteiger partial charge in [0.15, 0.2) is 0 Å². The van der Waals surface area contributed by atoms with Crippen LogP contribution in [0, 0.1) is 0 Å². The number of halogens is 1. The molecular formula is C13H20ClN3O2. The molecule has 0 radical (unpaired) electrons. The second-order valence-electron chi connectivity index (χ2n) is 4.19. The molecular weight excluding hydrogens is 266 g/mol. The molecule has 0 saturated heterocycles. The first kappa shape index (κ1) is 15.7. The van der Waals surface area contributed by atoms with Crippen LogP contribution in [0.5, 0.6) is 0 Å². The first-order valence-electron chi connectivity index (χ1n) is 6.44. The van der Waals surface area contributed by atoms with Crippen LogP contribution in [0.25, 0.3) is 0 Å². The van der Waals surface area contributed by atoms with Gasteiger partial charge in [-0.2, -0.15) is 0 Å². The second-order valence-corrected chi connectivity index (χ2v) is 4.57. The first-order valence-corrected chi connectivity index (χ1v) is 6.81. The highest BCUT2D eigenvalue weighted by Crippen LogP contribution is 2.23. The maximum absolute atomic E-state index is 10.9. The number of aromatic carboxylic acids is 1. The number of nitrogens with one attached hydrogen (secondary N) is 1. The Morgan fingerprint density at radius 2 is 2.21 bits per heavy atom. The van der Waals surface area contributed by atoms with Crippen molar-refractivity contribution < 1.29 is 9.90 Å². The zero-order valence-electron chi connectivity index (χ0n) is 11.3. The number of aromatic nitrogens is 1. The van der Waals surface area contributed by atoms with E-state index in [0.29, 0.717) is 12.4 Å². The molecule has 6 heteroatoms. The van der Waals surface area contributed by atoms with Crippen molar-refractivity contribution in [2.45, 2.75) is 20.3 Å². The highest BCUT2D eigenvalue weighted by atomic mass is 35.5. The Balaban J connectivity index is 2.58. The van der Waals surface area contributed by atoms with Crippen molar-refractivity contribution in [3.63, 3.8) is 0 Å². The Hall–Kier alpha value is -1.33. The van der Waals surface area contributed by atoms with Crippen molar-refractivity contribution >= 4 is 23.4 Å². The summed E-state index contributed by atoms with van der Waals surface area (Å²) in [4.78, 5) is 17.3. The number of pyridine rings is 1. The van der Waals surface area contributed by atoms with Gasteiger partial charge in [-0.3, -0.25) is 0 Å². The Kier molecular flexibility index (Phi) is 6.59. The normalized spacial score (nSPS) is 10.7. The standard InChI is InChI=1S/C13H20ClN3O2/c1-3-8-17(4-2)9-7-16-12-11(14)10(13(18)19)5-6-15-12/h5-6H,3-4,7-9H2,1-2H3,(H,15,16)(H,18,19). The van der Waals surface area contributed by atoms with E-state index >= 15 is 0 Å². The third-order valence-electron chi connectivity index (χ3n) is 2.83. The molecule has 106 valence electrons. The SMILES string of the molecule is CCCN(CC)CCNc1nccc(C(=O)O)c1Cl. The molecule has 0 unspecified atom stereocenters. The van der Waals surface area contributed by atoms with Gasteiger partial charge >= 0.3 is 5.97 Å². The minimum atomic E-state index is -1.04. The average molecular weight is 286 g/mol. The lowest BCUT2D eigenvalue weighted by Crippen LogP contribution is -2.29. The van der Waals surface area contributed by atoms with Gasteiger partial charge in [-0.15, -0.1) is 0 Å².